The molecule has 3 N–H and O–H groups in total. The zero-order valence-electron chi connectivity index (χ0n) is 14.4. The van der Waals surface area contributed by atoms with Crippen molar-refractivity contribution >= 4 is 11.9 Å². The summed E-state index contributed by atoms with van der Waals surface area (Å²) in [6.45, 7) is 4.07. The summed E-state index contributed by atoms with van der Waals surface area (Å²) in [5.74, 6) is -2.32. The summed E-state index contributed by atoms with van der Waals surface area (Å²) in [7, 11) is 0. The fourth-order valence-corrected chi connectivity index (χ4v) is 1.95. The number of carbonyl (C=O) groups is 2. The number of halogens is 3. The fourth-order valence-electron chi connectivity index (χ4n) is 1.95. The first-order valence-electron chi connectivity index (χ1n) is 7.82. The van der Waals surface area contributed by atoms with E-state index in [9.17, 15) is 22.8 Å². The van der Waals surface area contributed by atoms with Gasteiger partial charge >= 0.3 is 12.1 Å². The minimum atomic E-state index is -4.94. The summed E-state index contributed by atoms with van der Waals surface area (Å²) < 4.78 is 43.7. The Morgan fingerprint density at radius 1 is 1.20 bits per heavy atom. The molecule has 0 fully saturated rings. The molecule has 140 valence electrons. The summed E-state index contributed by atoms with van der Waals surface area (Å²) in [4.78, 5) is 24.1. The molecule has 0 saturated carbocycles. The van der Waals surface area contributed by atoms with E-state index in [0.717, 1.165) is 5.56 Å². The predicted molar refractivity (Wildman–Crippen MR) is 86.3 cm³/mol. The van der Waals surface area contributed by atoms with Crippen LogP contribution in [0.2, 0.25) is 0 Å². The Balaban J connectivity index is 2.79. The zero-order valence-corrected chi connectivity index (χ0v) is 14.4. The molecule has 0 radical (unpaired) electrons. The van der Waals surface area contributed by atoms with E-state index < -0.39 is 29.6 Å². The maximum Gasteiger partial charge on any atom is 0.415 e. The van der Waals surface area contributed by atoms with E-state index >= 15 is 0 Å². The molecule has 25 heavy (non-hydrogen) atoms. The molecular weight excluding hydrogens is 337 g/mol. The average Bonchev–Trinajstić information content (AvgIpc) is 2.51. The van der Waals surface area contributed by atoms with Crippen molar-refractivity contribution in [3.05, 3.63) is 35.9 Å². The Hall–Kier alpha value is -2.09. The molecule has 0 saturated heterocycles. The summed E-state index contributed by atoms with van der Waals surface area (Å²) in [6.07, 6.45) is -4.80. The normalized spacial score (nSPS) is 15.4. The van der Waals surface area contributed by atoms with E-state index in [1.807, 2.05) is 0 Å². The van der Waals surface area contributed by atoms with Crippen LogP contribution in [0.1, 0.15) is 32.8 Å². The first-order valence-corrected chi connectivity index (χ1v) is 7.82. The number of rotatable bonds is 7. The van der Waals surface area contributed by atoms with Gasteiger partial charge in [-0.05, 0) is 24.8 Å². The highest BCUT2D eigenvalue weighted by atomic mass is 19.4. The highest BCUT2D eigenvalue weighted by Crippen LogP contribution is 2.28. The largest absolute Gasteiger partial charge is 0.459 e. The first kappa shape index (κ1) is 21.0. The van der Waals surface area contributed by atoms with Gasteiger partial charge in [0.2, 0.25) is 5.91 Å². The average molecular weight is 360 g/mol. The second-order valence-electron chi connectivity index (χ2n) is 6.45. The second-order valence-corrected chi connectivity index (χ2v) is 6.45. The Morgan fingerprint density at radius 2 is 1.76 bits per heavy atom. The van der Waals surface area contributed by atoms with Gasteiger partial charge in [0, 0.05) is 0 Å². The van der Waals surface area contributed by atoms with Crippen molar-refractivity contribution in [3.63, 3.8) is 0 Å². The first-order chi connectivity index (χ1) is 11.4. The summed E-state index contributed by atoms with van der Waals surface area (Å²) in [5.41, 5.74) is 2.72. The molecule has 0 aromatic heterocycles. The Kier molecular flexibility index (Phi) is 6.98. The monoisotopic (exact) mass is 360 g/mol. The molecular formula is C17H23F3N2O3. The van der Waals surface area contributed by atoms with Crippen LogP contribution in [0.15, 0.2) is 30.3 Å². The molecule has 0 aliphatic rings. The molecule has 1 aromatic rings. The van der Waals surface area contributed by atoms with Crippen LogP contribution in [0.25, 0.3) is 0 Å². The van der Waals surface area contributed by atoms with Crippen molar-refractivity contribution in [1.82, 2.24) is 5.32 Å². The van der Waals surface area contributed by atoms with Crippen molar-refractivity contribution in [2.45, 2.75) is 51.6 Å². The molecule has 0 bridgehead atoms. The molecule has 5 nitrogen and oxygen atoms in total. The topological polar surface area (TPSA) is 81.4 Å². The summed E-state index contributed by atoms with van der Waals surface area (Å²) >= 11 is 0. The molecule has 0 aliphatic heterocycles. The number of nitrogens with one attached hydrogen (secondary N) is 1. The van der Waals surface area contributed by atoms with E-state index in [1.165, 1.54) is 0 Å². The number of amides is 1. The smallest absolute Gasteiger partial charge is 0.415 e. The molecule has 1 aromatic carbocycles. The van der Waals surface area contributed by atoms with Gasteiger partial charge in [-0.2, -0.15) is 13.2 Å². The molecule has 8 heteroatoms. The number of hydrogen-bond donors (Lipinski definition) is 2. The van der Waals surface area contributed by atoms with Gasteiger partial charge in [-0.25, -0.2) is 4.79 Å². The Labute approximate surface area is 144 Å². The van der Waals surface area contributed by atoms with Crippen molar-refractivity contribution in [3.8, 4) is 0 Å². The minimum absolute atomic E-state index is 0.0384. The molecule has 0 aliphatic carbocycles. The van der Waals surface area contributed by atoms with Crippen LogP contribution in [0, 0.1) is 5.92 Å². The number of esters is 1. The molecule has 0 heterocycles. The molecule has 0 unspecified atom stereocenters. The number of hydrogen-bond acceptors (Lipinski definition) is 4. The van der Waals surface area contributed by atoms with Gasteiger partial charge in [0.15, 0.2) is 5.54 Å². The standard InChI is InChI=1S/C17H23F3N2O3/c1-11(2)9-13(22-15(24)16(3,21)17(18,19)20)14(23)25-10-12-7-5-4-6-8-12/h4-8,11,13H,9-10,21H2,1-3H3,(H,22,24)/t13-,16-/m0/s1. The van der Waals surface area contributed by atoms with Crippen molar-refractivity contribution < 1.29 is 27.5 Å². The molecule has 1 amide bonds. The lowest BCUT2D eigenvalue weighted by Crippen LogP contribution is -2.63. The van der Waals surface area contributed by atoms with E-state index in [0.29, 0.717) is 6.92 Å². The van der Waals surface area contributed by atoms with Crippen molar-refractivity contribution in [2.75, 3.05) is 0 Å². The lowest BCUT2D eigenvalue weighted by Gasteiger charge is -2.28. The molecule has 1 rings (SSSR count). The van der Waals surface area contributed by atoms with E-state index in [-0.39, 0.29) is 18.9 Å². The Bertz CT molecular complexity index is 587. The van der Waals surface area contributed by atoms with E-state index in [2.05, 4.69) is 5.32 Å². The number of ether oxygens (including phenoxy) is 1. The maximum atomic E-state index is 12.9. The van der Waals surface area contributed by atoms with Crippen LogP contribution in [0.5, 0.6) is 0 Å². The lowest BCUT2D eigenvalue weighted by molar-refractivity contribution is -0.188. The number of benzene rings is 1. The lowest BCUT2D eigenvalue weighted by atomic mass is 9.99. The number of carbonyl (C=O) groups excluding carboxylic acids is 2. The zero-order chi connectivity index (χ0) is 19.3. The highest BCUT2D eigenvalue weighted by Gasteiger charge is 2.54. The SMILES string of the molecule is CC(C)C[C@H](NC(=O)[C@](C)(N)C(F)(F)F)C(=O)OCc1ccccc1. The van der Waals surface area contributed by atoms with Gasteiger partial charge in [-0.1, -0.05) is 44.2 Å². The van der Waals surface area contributed by atoms with Crippen LogP contribution in [-0.2, 0) is 20.9 Å². The number of alkyl halides is 3. The Morgan fingerprint density at radius 3 is 2.24 bits per heavy atom. The highest BCUT2D eigenvalue weighted by molar-refractivity contribution is 5.90. The van der Waals surface area contributed by atoms with Crippen LogP contribution >= 0.6 is 0 Å². The fraction of sp³-hybridized carbons (Fsp3) is 0.529. The second kappa shape index (κ2) is 8.33. The van der Waals surface area contributed by atoms with Gasteiger partial charge in [0.25, 0.3) is 0 Å². The maximum absolute atomic E-state index is 12.9. The third-order valence-corrected chi connectivity index (χ3v) is 3.58. The molecule has 0 spiro atoms. The van der Waals surface area contributed by atoms with Gasteiger partial charge in [-0.15, -0.1) is 0 Å². The van der Waals surface area contributed by atoms with Gasteiger partial charge in [-0.3, -0.25) is 4.79 Å². The third kappa shape index (κ3) is 6.04. The van der Waals surface area contributed by atoms with Crippen LogP contribution in [-0.4, -0.2) is 29.6 Å². The third-order valence-electron chi connectivity index (χ3n) is 3.58. The van der Waals surface area contributed by atoms with Crippen LogP contribution in [0.3, 0.4) is 0 Å². The van der Waals surface area contributed by atoms with Crippen molar-refractivity contribution in [2.24, 2.45) is 11.7 Å². The van der Waals surface area contributed by atoms with Crippen molar-refractivity contribution in [1.29, 1.82) is 0 Å². The van der Waals surface area contributed by atoms with Crippen LogP contribution < -0.4 is 11.1 Å². The quantitative estimate of drug-likeness (QED) is 0.732. The minimum Gasteiger partial charge on any atom is -0.459 e. The predicted octanol–water partition coefficient (Wildman–Crippen LogP) is 2.54. The molecule has 2 atom stereocenters. The summed E-state index contributed by atoms with van der Waals surface area (Å²) in [5, 5.41) is 2.07. The van der Waals surface area contributed by atoms with Gasteiger partial charge in [0.1, 0.15) is 12.6 Å². The van der Waals surface area contributed by atoms with Gasteiger partial charge < -0.3 is 15.8 Å². The van der Waals surface area contributed by atoms with Gasteiger partial charge in [0.05, 0.1) is 0 Å². The van der Waals surface area contributed by atoms with Crippen LogP contribution in [0.4, 0.5) is 13.2 Å². The van der Waals surface area contributed by atoms with E-state index in [4.69, 9.17) is 10.5 Å². The summed E-state index contributed by atoms with van der Waals surface area (Å²) in [6, 6.07) is 7.60. The van der Waals surface area contributed by atoms with E-state index in [1.54, 1.807) is 44.2 Å². The number of nitrogens with two attached hydrogens (primary N) is 1.